The standard InChI is InChI=1S/C15H12BrF2NO/c1-9-4-2-3-5-10(9)6-15(20)19-14-8-12(17)11(16)7-13(14)18/h2-5,7-8H,6H2,1H3,(H,19,20). The van der Waals surface area contributed by atoms with Crippen molar-refractivity contribution in [1.82, 2.24) is 0 Å². The quantitative estimate of drug-likeness (QED) is 0.833. The van der Waals surface area contributed by atoms with E-state index in [0.717, 1.165) is 23.3 Å². The second kappa shape index (κ2) is 6.13. The van der Waals surface area contributed by atoms with E-state index in [0.29, 0.717) is 0 Å². The molecule has 1 amide bonds. The first kappa shape index (κ1) is 14.7. The Bertz CT molecular complexity index is 658. The fraction of sp³-hybridized carbons (Fsp3) is 0.133. The summed E-state index contributed by atoms with van der Waals surface area (Å²) in [5.41, 5.74) is 1.66. The van der Waals surface area contributed by atoms with E-state index in [1.165, 1.54) is 0 Å². The number of amides is 1. The van der Waals surface area contributed by atoms with Crippen molar-refractivity contribution in [2.75, 3.05) is 5.32 Å². The van der Waals surface area contributed by atoms with Gasteiger partial charge in [-0.15, -0.1) is 0 Å². The Morgan fingerprint density at radius 3 is 2.60 bits per heavy atom. The van der Waals surface area contributed by atoms with E-state index < -0.39 is 11.6 Å². The fourth-order valence-corrected chi connectivity index (χ4v) is 2.11. The van der Waals surface area contributed by atoms with Gasteiger partial charge >= 0.3 is 0 Å². The number of carbonyl (C=O) groups excluding carboxylic acids is 1. The van der Waals surface area contributed by atoms with Crippen LogP contribution >= 0.6 is 15.9 Å². The molecule has 0 aliphatic heterocycles. The molecule has 2 rings (SSSR count). The van der Waals surface area contributed by atoms with E-state index in [1.807, 2.05) is 31.2 Å². The Hall–Kier alpha value is -1.75. The van der Waals surface area contributed by atoms with E-state index in [2.05, 4.69) is 21.2 Å². The fourth-order valence-electron chi connectivity index (χ4n) is 1.79. The molecule has 0 aliphatic rings. The van der Waals surface area contributed by atoms with Gasteiger partial charge in [0.25, 0.3) is 0 Å². The molecule has 2 nitrogen and oxygen atoms in total. The summed E-state index contributed by atoms with van der Waals surface area (Å²) in [7, 11) is 0. The number of hydrogen-bond acceptors (Lipinski definition) is 1. The highest BCUT2D eigenvalue weighted by Crippen LogP contribution is 2.23. The normalized spacial score (nSPS) is 10.4. The summed E-state index contributed by atoms with van der Waals surface area (Å²) in [6.45, 7) is 1.89. The molecular weight excluding hydrogens is 328 g/mol. The number of anilines is 1. The van der Waals surface area contributed by atoms with Crippen molar-refractivity contribution in [2.24, 2.45) is 0 Å². The van der Waals surface area contributed by atoms with E-state index in [-0.39, 0.29) is 22.5 Å². The Morgan fingerprint density at radius 1 is 1.20 bits per heavy atom. The van der Waals surface area contributed by atoms with Crippen LogP contribution in [0, 0.1) is 18.6 Å². The van der Waals surface area contributed by atoms with Gasteiger partial charge in [-0.2, -0.15) is 0 Å². The topological polar surface area (TPSA) is 29.1 Å². The molecule has 0 radical (unpaired) electrons. The molecule has 2 aromatic rings. The number of hydrogen-bond donors (Lipinski definition) is 1. The van der Waals surface area contributed by atoms with Crippen LogP contribution < -0.4 is 5.32 Å². The van der Waals surface area contributed by atoms with Gasteiger partial charge in [-0.05, 0) is 40.0 Å². The van der Waals surface area contributed by atoms with Crippen LogP contribution in [0.25, 0.3) is 0 Å². The Labute approximate surface area is 123 Å². The summed E-state index contributed by atoms with van der Waals surface area (Å²) in [6.07, 6.45) is 0.115. The highest BCUT2D eigenvalue weighted by atomic mass is 79.9. The molecule has 2 aromatic carbocycles. The average Bonchev–Trinajstić information content (AvgIpc) is 2.39. The van der Waals surface area contributed by atoms with Crippen LogP contribution in [0.3, 0.4) is 0 Å². The average molecular weight is 340 g/mol. The number of halogens is 3. The van der Waals surface area contributed by atoms with Crippen LogP contribution in [0.1, 0.15) is 11.1 Å². The zero-order valence-electron chi connectivity index (χ0n) is 10.7. The summed E-state index contributed by atoms with van der Waals surface area (Å²) in [6, 6.07) is 9.36. The number of aryl methyl sites for hydroxylation is 1. The number of nitrogens with one attached hydrogen (secondary N) is 1. The van der Waals surface area contributed by atoms with Gasteiger partial charge in [0.05, 0.1) is 16.6 Å². The predicted octanol–water partition coefficient (Wildman–Crippen LogP) is 4.22. The molecule has 0 saturated heterocycles. The summed E-state index contributed by atoms with van der Waals surface area (Å²) < 4.78 is 27.0. The van der Waals surface area contributed by atoms with E-state index >= 15 is 0 Å². The largest absolute Gasteiger partial charge is 0.323 e. The number of carbonyl (C=O) groups is 1. The van der Waals surface area contributed by atoms with Crippen LogP contribution in [-0.4, -0.2) is 5.91 Å². The first-order chi connectivity index (χ1) is 9.47. The molecule has 0 unspecified atom stereocenters. The van der Waals surface area contributed by atoms with Crippen molar-refractivity contribution in [3.63, 3.8) is 0 Å². The van der Waals surface area contributed by atoms with Gasteiger partial charge in [0.2, 0.25) is 5.91 Å². The third kappa shape index (κ3) is 3.42. The first-order valence-corrected chi connectivity index (χ1v) is 6.75. The van der Waals surface area contributed by atoms with Gasteiger partial charge in [0, 0.05) is 6.07 Å². The minimum absolute atomic E-state index is 0.0203. The minimum atomic E-state index is -0.684. The number of benzene rings is 2. The lowest BCUT2D eigenvalue weighted by Gasteiger charge is -2.09. The highest BCUT2D eigenvalue weighted by molar-refractivity contribution is 9.10. The molecule has 104 valence electrons. The maximum absolute atomic E-state index is 13.6. The molecule has 0 heterocycles. The van der Waals surface area contributed by atoms with Crippen LogP contribution in [0.4, 0.5) is 14.5 Å². The van der Waals surface area contributed by atoms with Crippen molar-refractivity contribution in [3.8, 4) is 0 Å². The number of rotatable bonds is 3. The summed E-state index contributed by atoms with van der Waals surface area (Å²) >= 11 is 2.88. The molecule has 0 atom stereocenters. The summed E-state index contributed by atoms with van der Waals surface area (Å²) in [5.74, 6) is -1.70. The molecule has 0 bridgehead atoms. The van der Waals surface area contributed by atoms with Crippen LogP contribution in [-0.2, 0) is 11.2 Å². The van der Waals surface area contributed by atoms with E-state index in [4.69, 9.17) is 0 Å². The Kier molecular flexibility index (Phi) is 4.49. The third-order valence-electron chi connectivity index (χ3n) is 2.90. The van der Waals surface area contributed by atoms with E-state index in [9.17, 15) is 13.6 Å². The molecule has 0 fully saturated rings. The van der Waals surface area contributed by atoms with Gasteiger partial charge in [0.1, 0.15) is 11.6 Å². The molecular formula is C15H12BrF2NO. The van der Waals surface area contributed by atoms with Gasteiger partial charge in [0.15, 0.2) is 0 Å². The van der Waals surface area contributed by atoms with Gasteiger partial charge in [-0.25, -0.2) is 8.78 Å². The van der Waals surface area contributed by atoms with Crippen LogP contribution in [0.2, 0.25) is 0 Å². The zero-order valence-corrected chi connectivity index (χ0v) is 12.3. The molecule has 1 N–H and O–H groups in total. The highest BCUT2D eigenvalue weighted by Gasteiger charge is 2.12. The maximum Gasteiger partial charge on any atom is 0.228 e. The van der Waals surface area contributed by atoms with Crippen molar-refractivity contribution >= 4 is 27.5 Å². The zero-order chi connectivity index (χ0) is 14.7. The lowest BCUT2D eigenvalue weighted by atomic mass is 10.1. The maximum atomic E-state index is 13.6. The first-order valence-electron chi connectivity index (χ1n) is 5.96. The Morgan fingerprint density at radius 2 is 1.90 bits per heavy atom. The van der Waals surface area contributed by atoms with Crippen LogP contribution in [0.5, 0.6) is 0 Å². The van der Waals surface area contributed by atoms with Crippen molar-refractivity contribution in [1.29, 1.82) is 0 Å². The SMILES string of the molecule is Cc1ccccc1CC(=O)Nc1cc(F)c(Br)cc1F. The molecule has 20 heavy (non-hydrogen) atoms. The van der Waals surface area contributed by atoms with Crippen molar-refractivity contribution in [3.05, 3.63) is 63.6 Å². The smallest absolute Gasteiger partial charge is 0.228 e. The molecule has 0 spiro atoms. The lowest BCUT2D eigenvalue weighted by Crippen LogP contribution is -2.16. The van der Waals surface area contributed by atoms with Crippen molar-refractivity contribution < 1.29 is 13.6 Å². The van der Waals surface area contributed by atoms with E-state index in [1.54, 1.807) is 0 Å². The molecule has 5 heteroatoms. The summed E-state index contributed by atoms with van der Waals surface area (Å²) in [4.78, 5) is 11.9. The monoisotopic (exact) mass is 339 g/mol. The second-order valence-electron chi connectivity index (χ2n) is 4.40. The molecule has 0 aromatic heterocycles. The van der Waals surface area contributed by atoms with Gasteiger partial charge < -0.3 is 5.32 Å². The minimum Gasteiger partial charge on any atom is -0.323 e. The third-order valence-corrected chi connectivity index (χ3v) is 3.50. The molecule has 0 saturated carbocycles. The summed E-state index contributed by atoms with van der Waals surface area (Å²) in [5, 5.41) is 2.38. The second-order valence-corrected chi connectivity index (χ2v) is 5.25. The lowest BCUT2D eigenvalue weighted by molar-refractivity contribution is -0.115. The Balaban J connectivity index is 2.13. The van der Waals surface area contributed by atoms with Gasteiger partial charge in [-0.1, -0.05) is 24.3 Å². The van der Waals surface area contributed by atoms with Crippen LogP contribution in [0.15, 0.2) is 40.9 Å². The molecule has 0 aliphatic carbocycles. The predicted molar refractivity (Wildman–Crippen MR) is 77.6 cm³/mol. The van der Waals surface area contributed by atoms with Gasteiger partial charge in [-0.3, -0.25) is 4.79 Å². The van der Waals surface area contributed by atoms with Crippen molar-refractivity contribution in [2.45, 2.75) is 13.3 Å².